The first-order chi connectivity index (χ1) is 8.56. The molecule has 1 aromatic rings. The van der Waals surface area contributed by atoms with Crippen LogP contribution in [0.3, 0.4) is 0 Å². The highest BCUT2D eigenvalue weighted by Gasteiger charge is 2.24. The van der Waals surface area contributed by atoms with Crippen molar-refractivity contribution in [2.24, 2.45) is 4.99 Å². The van der Waals surface area contributed by atoms with Crippen LogP contribution in [0, 0.1) is 0 Å². The molecule has 1 aliphatic heterocycles. The van der Waals surface area contributed by atoms with Gasteiger partial charge in [0, 0.05) is 16.8 Å². The molecule has 0 radical (unpaired) electrons. The first kappa shape index (κ1) is 12.9. The lowest BCUT2D eigenvalue weighted by Gasteiger charge is -2.18. The Morgan fingerprint density at radius 3 is 2.78 bits per heavy atom. The number of imide groups is 1. The maximum atomic E-state index is 11.4. The molecule has 0 aliphatic carbocycles. The maximum Gasteiger partial charge on any atom is 0.321 e. The molecule has 5 nitrogen and oxygen atoms in total. The Labute approximate surface area is 113 Å². The molecule has 2 rings (SSSR count). The summed E-state index contributed by atoms with van der Waals surface area (Å²) in [6.45, 7) is 0.173. The number of halogens is 2. The van der Waals surface area contributed by atoms with Crippen molar-refractivity contribution in [3.8, 4) is 0 Å². The van der Waals surface area contributed by atoms with Crippen molar-refractivity contribution in [2.45, 2.75) is 6.04 Å². The highest BCUT2D eigenvalue weighted by molar-refractivity contribution is 6.36. The van der Waals surface area contributed by atoms with Crippen molar-refractivity contribution in [1.29, 1.82) is 0 Å². The average Bonchev–Trinajstić information content (AvgIpc) is 2.30. The van der Waals surface area contributed by atoms with Gasteiger partial charge in [0.05, 0.1) is 11.6 Å². The van der Waals surface area contributed by atoms with Crippen LogP contribution in [0.1, 0.15) is 5.56 Å². The summed E-state index contributed by atoms with van der Waals surface area (Å²) in [6, 6.07) is 3.82. The van der Waals surface area contributed by atoms with Crippen LogP contribution in [0.4, 0.5) is 4.79 Å². The van der Waals surface area contributed by atoms with Gasteiger partial charge in [0.2, 0.25) is 0 Å². The summed E-state index contributed by atoms with van der Waals surface area (Å²) in [5.74, 6) is -0.430. The van der Waals surface area contributed by atoms with E-state index in [2.05, 4.69) is 15.6 Å². The van der Waals surface area contributed by atoms with E-state index in [4.69, 9.17) is 23.2 Å². The second-order valence-corrected chi connectivity index (χ2v) is 4.50. The Hall–Kier alpha value is -1.59. The molecule has 1 aliphatic rings. The SMILES string of the molecule is O=C1NCC(N=Cc2ccc(Cl)cc2Cl)C(=O)N1. The highest BCUT2D eigenvalue weighted by atomic mass is 35.5. The molecule has 7 heteroatoms. The molecule has 1 fully saturated rings. The molecule has 3 amide bonds. The molecule has 94 valence electrons. The monoisotopic (exact) mass is 285 g/mol. The Morgan fingerprint density at radius 2 is 2.11 bits per heavy atom. The third-order valence-corrected chi connectivity index (χ3v) is 2.91. The average molecular weight is 286 g/mol. The molecule has 18 heavy (non-hydrogen) atoms. The van der Waals surface area contributed by atoms with Gasteiger partial charge in [-0.25, -0.2) is 4.79 Å². The summed E-state index contributed by atoms with van der Waals surface area (Å²) in [7, 11) is 0. The number of urea groups is 1. The number of amides is 3. The lowest BCUT2D eigenvalue weighted by molar-refractivity contribution is -0.121. The number of benzene rings is 1. The van der Waals surface area contributed by atoms with Crippen molar-refractivity contribution in [3.05, 3.63) is 33.8 Å². The first-order valence-electron chi connectivity index (χ1n) is 5.13. The minimum Gasteiger partial charge on any atom is -0.335 e. The summed E-state index contributed by atoms with van der Waals surface area (Å²) < 4.78 is 0. The Bertz CT molecular complexity index is 531. The van der Waals surface area contributed by atoms with E-state index in [1.165, 1.54) is 6.21 Å². The molecule has 0 spiro atoms. The fourth-order valence-corrected chi connectivity index (χ4v) is 1.88. The molecule has 1 aromatic carbocycles. The predicted molar refractivity (Wildman–Crippen MR) is 69.4 cm³/mol. The quantitative estimate of drug-likeness (QED) is 0.811. The highest BCUT2D eigenvalue weighted by Crippen LogP contribution is 2.19. The third kappa shape index (κ3) is 3.00. The number of carbonyl (C=O) groups is 2. The lowest BCUT2D eigenvalue weighted by atomic mass is 10.2. The Kier molecular flexibility index (Phi) is 3.84. The van der Waals surface area contributed by atoms with E-state index in [9.17, 15) is 9.59 Å². The molecule has 0 saturated carbocycles. The fourth-order valence-electron chi connectivity index (χ4n) is 1.42. The molecular weight excluding hydrogens is 277 g/mol. The van der Waals surface area contributed by atoms with Crippen molar-refractivity contribution in [2.75, 3.05) is 6.54 Å². The van der Waals surface area contributed by atoms with Gasteiger partial charge >= 0.3 is 6.03 Å². The van der Waals surface area contributed by atoms with Crippen molar-refractivity contribution in [1.82, 2.24) is 10.6 Å². The lowest BCUT2D eigenvalue weighted by Crippen LogP contribution is -2.54. The van der Waals surface area contributed by atoms with E-state index >= 15 is 0 Å². The van der Waals surface area contributed by atoms with E-state index in [1.54, 1.807) is 18.2 Å². The predicted octanol–water partition coefficient (Wildman–Crippen LogP) is 1.62. The summed E-state index contributed by atoms with van der Waals surface area (Å²) in [5, 5.41) is 5.59. The van der Waals surface area contributed by atoms with E-state index in [0.717, 1.165) is 0 Å². The number of hydrogen-bond acceptors (Lipinski definition) is 3. The number of carbonyl (C=O) groups excluding carboxylic acids is 2. The number of hydrogen-bond donors (Lipinski definition) is 2. The van der Waals surface area contributed by atoms with Gasteiger partial charge in [-0.3, -0.25) is 15.1 Å². The topological polar surface area (TPSA) is 70.6 Å². The van der Waals surface area contributed by atoms with E-state index in [-0.39, 0.29) is 6.54 Å². The van der Waals surface area contributed by atoms with Crippen molar-refractivity contribution >= 4 is 41.4 Å². The van der Waals surface area contributed by atoms with Crippen LogP contribution in [0.15, 0.2) is 23.2 Å². The van der Waals surface area contributed by atoms with Gasteiger partial charge in [0.15, 0.2) is 0 Å². The van der Waals surface area contributed by atoms with Crippen LogP contribution >= 0.6 is 23.2 Å². The molecule has 0 aromatic heterocycles. The number of aliphatic imine (C=N–C) groups is 1. The van der Waals surface area contributed by atoms with Gasteiger partial charge in [-0.2, -0.15) is 0 Å². The molecule has 1 unspecified atom stereocenters. The number of rotatable bonds is 2. The summed E-state index contributed by atoms with van der Waals surface area (Å²) in [6.07, 6.45) is 1.49. The molecular formula is C11H9Cl2N3O2. The Morgan fingerprint density at radius 1 is 1.33 bits per heavy atom. The van der Waals surface area contributed by atoms with Crippen LogP contribution in [0.2, 0.25) is 10.0 Å². The second kappa shape index (κ2) is 5.37. The molecule has 0 bridgehead atoms. The fraction of sp³-hybridized carbons (Fsp3) is 0.182. The summed E-state index contributed by atoms with van der Waals surface area (Å²) >= 11 is 11.7. The normalized spacial score (nSPS) is 19.8. The maximum absolute atomic E-state index is 11.4. The van der Waals surface area contributed by atoms with Gasteiger partial charge in [-0.1, -0.05) is 29.3 Å². The molecule has 2 N–H and O–H groups in total. The Balaban J connectivity index is 2.11. The smallest absolute Gasteiger partial charge is 0.321 e. The van der Waals surface area contributed by atoms with Crippen LogP contribution in [-0.2, 0) is 4.79 Å². The number of nitrogens with one attached hydrogen (secondary N) is 2. The van der Waals surface area contributed by atoms with Crippen LogP contribution in [0.25, 0.3) is 0 Å². The van der Waals surface area contributed by atoms with E-state index in [0.29, 0.717) is 15.6 Å². The van der Waals surface area contributed by atoms with Crippen LogP contribution < -0.4 is 10.6 Å². The molecule has 1 atom stereocenters. The van der Waals surface area contributed by atoms with Crippen molar-refractivity contribution < 1.29 is 9.59 Å². The standard InChI is InChI=1S/C11H9Cl2N3O2/c12-7-2-1-6(8(13)3-7)4-14-9-5-15-11(18)16-10(9)17/h1-4,9H,5H2,(H2,15,16,17,18). The minimum atomic E-state index is -0.644. The van der Waals surface area contributed by atoms with Gasteiger partial charge in [-0.15, -0.1) is 0 Å². The molecule has 1 heterocycles. The minimum absolute atomic E-state index is 0.173. The zero-order valence-corrected chi connectivity index (χ0v) is 10.6. The summed E-state index contributed by atoms with van der Waals surface area (Å²) in [5.41, 5.74) is 0.658. The zero-order chi connectivity index (χ0) is 13.1. The van der Waals surface area contributed by atoms with Crippen LogP contribution in [-0.4, -0.2) is 30.7 Å². The molecule has 1 saturated heterocycles. The van der Waals surface area contributed by atoms with Gasteiger partial charge in [0.1, 0.15) is 6.04 Å². The van der Waals surface area contributed by atoms with Gasteiger partial charge in [0.25, 0.3) is 5.91 Å². The zero-order valence-electron chi connectivity index (χ0n) is 9.11. The van der Waals surface area contributed by atoms with E-state index in [1.807, 2.05) is 0 Å². The van der Waals surface area contributed by atoms with Crippen LogP contribution in [0.5, 0.6) is 0 Å². The summed E-state index contributed by atoms with van der Waals surface area (Å²) in [4.78, 5) is 26.4. The second-order valence-electron chi connectivity index (χ2n) is 3.66. The largest absolute Gasteiger partial charge is 0.335 e. The van der Waals surface area contributed by atoms with Gasteiger partial charge in [-0.05, 0) is 12.1 Å². The van der Waals surface area contributed by atoms with Gasteiger partial charge < -0.3 is 5.32 Å². The number of nitrogens with zero attached hydrogens (tertiary/aromatic N) is 1. The first-order valence-corrected chi connectivity index (χ1v) is 5.89. The van der Waals surface area contributed by atoms with Crippen molar-refractivity contribution in [3.63, 3.8) is 0 Å². The third-order valence-electron chi connectivity index (χ3n) is 2.35. The van der Waals surface area contributed by atoms with E-state index < -0.39 is 18.0 Å².